The first kappa shape index (κ1) is 31.7. The van der Waals surface area contributed by atoms with Gasteiger partial charge in [0.05, 0.1) is 14.2 Å². The summed E-state index contributed by atoms with van der Waals surface area (Å²) in [7, 11) is 2.81. The zero-order valence-electron chi connectivity index (χ0n) is 23.2. The van der Waals surface area contributed by atoms with Gasteiger partial charge in [0.15, 0.2) is 0 Å². The second kappa shape index (κ2) is 15.3. The number of benzene rings is 4. The molecule has 1 saturated heterocycles. The van der Waals surface area contributed by atoms with E-state index in [1.807, 2.05) is 25.1 Å². The first-order valence-corrected chi connectivity index (χ1v) is 15.1. The summed E-state index contributed by atoms with van der Waals surface area (Å²) in [6.07, 6.45) is 0. The van der Waals surface area contributed by atoms with E-state index < -0.39 is 0 Å². The van der Waals surface area contributed by atoms with Gasteiger partial charge in [-0.05, 0) is 46.5 Å². The largest absolute Gasteiger partial charge is 0.468 e. The molecule has 0 aromatic heterocycles. The van der Waals surface area contributed by atoms with Gasteiger partial charge in [0, 0.05) is 24.0 Å². The van der Waals surface area contributed by atoms with Crippen molar-refractivity contribution in [2.24, 2.45) is 5.73 Å². The van der Waals surface area contributed by atoms with Crippen molar-refractivity contribution in [1.29, 1.82) is 0 Å². The second-order valence-electron chi connectivity index (χ2n) is 9.48. The van der Waals surface area contributed by atoms with E-state index in [0.29, 0.717) is 5.33 Å². The van der Waals surface area contributed by atoms with Gasteiger partial charge in [-0.25, -0.2) is 0 Å². The molecule has 40 heavy (non-hydrogen) atoms. The Hall–Kier alpha value is -2.78. The van der Waals surface area contributed by atoms with Crippen LogP contribution in [-0.4, -0.2) is 53.8 Å². The molecule has 3 unspecified atom stereocenters. The summed E-state index contributed by atoms with van der Waals surface area (Å²) in [6, 6.07) is 29.5. The van der Waals surface area contributed by atoms with Crippen LogP contribution in [-0.2, 0) is 19.1 Å². The summed E-state index contributed by atoms with van der Waals surface area (Å²) >= 11 is 6.19. The van der Waals surface area contributed by atoms with E-state index in [2.05, 4.69) is 115 Å². The number of carbonyl (C=O) groups excluding carboxylic acids is 2. The Morgan fingerprint density at radius 3 is 1.82 bits per heavy atom. The Morgan fingerprint density at radius 1 is 0.850 bits per heavy atom. The summed E-state index contributed by atoms with van der Waals surface area (Å²) in [6.45, 7) is 4.95. The summed E-state index contributed by atoms with van der Waals surface area (Å²) in [5.41, 5.74) is 8.37. The first-order chi connectivity index (χ1) is 19.2. The highest BCUT2D eigenvalue weighted by molar-refractivity contribution is 9.12. The summed E-state index contributed by atoms with van der Waals surface area (Å²) < 4.78 is 9.18. The fourth-order valence-corrected chi connectivity index (χ4v) is 5.01. The number of rotatable bonds is 6. The van der Waals surface area contributed by atoms with Crippen molar-refractivity contribution in [2.75, 3.05) is 26.1 Å². The number of alkyl halides is 2. The van der Waals surface area contributed by atoms with Crippen molar-refractivity contribution < 1.29 is 19.1 Å². The highest BCUT2D eigenvalue weighted by Crippen LogP contribution is 2.35. The molecule has 4 aromatic rings. The lowest BCUT2D eigenvalue weighted by atomic mass is 10.00. The smallest absolute Gasteiger partial charge is 0.324 e. The summed E-state index contributed by atoms with van der Waals surface area (Å²) in [5, 5.41) is 5.60. The SMILES string of the molecule is COC(=O)C(Br)CBr.COC(=O)C1CN1[C@H](C)c1cccc2ccccc12.C[C@@H](N)c1cccc2ccccc12. The van der Waals surface area contributed by atoms with Crippen LogP contribution in [0.3, 0.4) is 0 Å². The first-order valence-electron chi connectivity index (χ1n) is 13.1. The Bertz CT molecular complexity index is 1420. The van der Waals surface area contributed by atoms with Gasteiger partial charge in [0.25, 0.3) is 0 Å². The molecule has 2 N–H and O–H groups in total. The number of ether oxygens (including phenoxy) is 2. The van der Waals surface area contributed by atoms with Crippen LogP contribution < -0.4 is 5.73 Å². The number of esters is 2. The molecule has 0 amide bonds. The molecular weight excluding hydrogens is 636 g/mol. The fourth-order valence-electron chi connectivity index (χ4n) is 4.56. The maximum absolute atomic E-state index is 11.5. The molecule has 0 spiro atoms. The number of fused-ring (bicyclic) bond motifs is 2. The predicted molar refractivity (Wildman–Crippen MR) is 170 cm³/mol. The van der Waals surface area contributed by atoms with Gasteiger partial charge < -0.3 is 15.2 Å². The van der Waals surface area contributed by atoms with Crippen molar-refractivity contribution in [3.63, 3.8) is 0 Å². The third-order valence-electron chi connectivity index (χ3n) is 6.80. The molecule has 6 nitrogen and oxygen atoms in total. The molecule has 4 aromatic carbocycles. The van der Waals surface area contributed by atoms with Crippen molar-refractivity contribution in [1.82, 2.24) is 4.90 Å². The van der Waals surface area contributed by atoms with Gasteiger partial charge in [-0.2, -0.15) is 0 Å². The number of nitrogens with zero attached hydrogens (tertiary/aromatic N) is 1. The zero-order valence-corrected chi connectivity index (χ0v) is 26.4. The number of hydrogen-bond acceptors (Lipinski definition) is 6. The summed E-state index contributed by atoms with van der Waals surface area (Å²) in [4.78, 5) is 23.9. The minimum absolute atomic E-state index is 0.0704. The van der Waals surface area contributed by atoms with Crippen LogP contribution in [0.15, 0.2) is 84.9 Å². The lowest BCUT2D eigenvalue weighted by molar-refractivity contribution is -0.141. The van der Waals surface area contributed by atoms with Gasteiger partial charge in [-0.1, -0.05) is 117 Å². The molecule has 0 bridgehead atoms. The van der Waals surface area contributed by atoms with Crippen LogP contribution in [0.5, 0.6) is 0 Å². The van der Waals surface area contributed by atoms with Crippen LogP contribution in [0.1, 0.15) is 37.1 Å². The molecule has 1 heterocycles. The molecule has 212 valence electrons. The molecule has 5 atom stereocenters. The lowest BCUT2D eigenvalue weighted by Crippen LogP contribution is -2.17. The molecular formula is C32H36Br2N2O4. The van der Waals surface area contributed by atoms with Crippen LogP contribution in [0.2, 0.25) is 0 Å². The van der Waals surface area contributed by atoms with Crippen LogP contribution >= 0.6 is 31.9 Å². The third-order valence-corrected chi connectivity index (χ3v) is 9.01. The molecule has 8 heteroatoms. The Labute approximate surface area is 253 Å². The van der Waals surface area contributed by atoms with E-state index >= 15 is 0 Å². The Kier molecular flexibility index (Phi) is 12.1. The highest BCUT2D eigenvalue weighted by Gasteiger charge is 2.44. The molecule has 5 rings (SSSR count). The van der Waals surface area contributed by atoms with Crippen LogP contribution in [0, 0.1) is 0 Å². The quantitative estimate of drug-likeness (QED) is 0.136. The Morgan fingerprint density at radius 2 is 1.35 bits per heavy atom. The highest BCUT2D eigenvalue weighted by atomic mass is 79.9. The van der Waals surface area contributed by atoms with E-state index in [0.717, 1.165) is 6.54 Å². The normalized spacial score (nSPS) is 17.8. The molecule has 0 radical (unpaired) electrons. The molecule has 1 aliphatic heterocycles. The molecule has 0 saturated carbocycles. The second-order valence-corrected chi connectivity index (χ2v) is 11.2. The number of hydrogen-bond donors (Lipinski definition) is 1. The van der Waals surface area contributed by atoms with E-state index in [1.54, 1.807) is 0 Å². The topological polar surface area (TPSA) is 81.6 Å². The maximum Gasteiger partial charge on any atom is 0.324 e. The Balaban J connectivity index is 0.000000182. The number of carbonyl (C=O) groups is 2. The average molecular weight is 672 g/mol. The third kappa shape index (κ3) is 8.13. The molecule has 1 fully saturated rings. The maximum atomic E-state index is 11.5. The van der Waals surface area contributed by atoms with E-state index in [4.69, 9.17) is 10.5 Å². The zero-order chi connectivity index (χ0) is 29.2. The van der Waals surface area contributed by atoms with Crippen molar-refractivity contribution in [2.45, 2.75) is 36.8 Å². The number of halogens is 2. The van der Waals surface area contributed by atoms with Crippen LogP contribution in [0.25, 0.3) is 21.5 Å². The monoisotopic (exact) mass is 670 g/mol. The number of methoxy groups -OCH3 is 2. The van der Waals surface area contributed by atoms with Gasteiger partial charge in [0.2, 0.25) is 0 Å². The summed E-state index contributed by atoms with van der Waals surface area (Å²) in [5.74, 6) is -0.381. The minimum Gasteiger partial charge on any atom is -0.468 e. The predicted octanol–water partition coefficient (Wildman–Crippen LogP) is 6.94. The average Bonchev–Trinajstić information content (AvgIpc) is 3.80. The van der Waals surface area contributed by atoms with E-state index in [9.17, 15) is 9.59 Å². The molecule has 0 aliphatic carbocycles. The van der Waals surface area contributed by atoms with Crippen molar-refractivity contribution in [3.05, 3.63) is 96.1 Å². The fraction of sp³-hybridized carbons (Fsp3) is 0.312. The molecule has 1 aliphatic rings. The number of nitrogens with two attached hydrogens (primary N) is 1. The lowest BCUT2D eigenvalue weighted by Gasteiger charge is -2.16. The van der Waals surface area contributed by atoms with E-state index in [-0.39, 0.29) is 34.9 Å². The van der Waals surface area contributed by atoms with E-state index in [1.165, 1.54) is 46.9 Å². The van der Waals surface area contributed by atoms with Crippen LogP contribution in [0.4, 0.5) is 0 Å². The standard InChI is InChI=1S/C16H17NO2.C12H13N.C4H6Br2O2/c1-11(17-10-15(17)16(18)19-2)13-9-5-7-12-6-3-4-8-14(12)13;1-9(13)11-8-4-6-10-5-2-3-7-12(10)11;1-8-4(7)3(6)2-5/h3-9,11,15H,10H2,1-2H3;2-9H,13H2,1H3;3H,2H2,1H3/t11-,15?,17?;9-;/m11./s1. The van der Waals surface area contributed by atoms with Gasteiger partial charge in [0.1, 0.15) is 10.9 Å². The van der Waals surface area contributed by atoms with Gasteiger partial charge in [-0.15, -0.1) is 0 Å². The van der Waals surface area contributed by atoms with Crippen molar-refractivity contribution in [3.8, 4) is 0 Å². The minimum atomic E-state index is -0.248. The van der Waals surface area contributed by atoms with Gasteiger partial charge in [-0.3, -0.25) is 14.5 Å². The van der Waals surface area contributed by atoms with Gasteiger partial charge >= 0.3 is 11.9 Å². The van der Waals surface area contributed by atoms with Crippen molar-refractivity contribution >= 4 is 65.3 Å².